The third-order valence-corrected chi connectivity index (χ3v) is 4.47. The number of esters is 1. The maximum Gasteiger partial charge on any atom is 0.338 e. The Morgan fingerprint density at radius 3 is 2.52 bits per heavy atom. The minimum atomic E-state index is -3.93. The number of nitrogens with two attached hydrogens (primary N) is 1. The van der Waals surface area contributed by atoms with E-state index >= 15 is 0 Å². The maximum absolute atomic E-state index is 11.6. The van der Waals surface area contributed by atoms with Crippen LogP contribution in [0.2, 0.25) is 0 Å². The molecule has 0 unspecified atom stereocenters. The van der Waals surface area contributed by atoms with E-state index in [2.05, 4.69) is 10.1 Å². The molecule has 0 spiro atoms. The summed E-state index contributed by atoms with van der Waals surface area (Å²) >= 11 is 0. The van der Waals surface area contributed by atoms with Crippen LogP contribution in [-0.2, 0) is 14.8 Å². The molecule has 0 atom stereocenters. The molecule has 0 aromatic heterocycles. The average Bonchev–Trinajstić information content (AvgIpc) is 2.52. The smallest absolute Gasteiger partial charge is 0.338 e. The first-order chi connectivity index (χ1) is 10.4. The zero-order valence-corrected chi connectivity index (χ0v) is 14.4. The Labute approximate surface area is 142 Å². The largest absolute Gasteiger partial charge is 0.493 e. The summed E-state index contributed by atoms with van der Waals surface area (Å²) in [6.45, 7) is 2.35. The number of sulfonamides is 1. The zero-order valence-electron chi connectivity index (χ0n) is 12.8. The van der Waals surface area contributed by atoms with Crippen molar-refractivity contribution in [3.8, 4) is 5.75 Å². The van der Waals surface area contributed by atoms with Gasteiger partial charge in [0.1, 0.15) is 5.75 Å². The fraction of sp³-hybridized carbons (Fsp3) is 0.500. The van der Waals surface area contributed by atoms with Crippen LogP contribution < -0.4 is 15.2 Å². The summed E-state index contributed by atoms with van der Waals surface area (Å²) in [4.78, 5) is 11.5. The van der Waals surface area contributed by atoms with Crippen LogP contribution in [0.25, 0.3) is 0 Å². The van der Waals surface area contributed by atoms with Crippen molar-refractivity contribution in [3.05, 3.63) is 23.8 Å². The quantitative estimate of drug-likeness (QED) is 0.752. The molecule has 2 rings (SSSR count). The first kappa shape index (κ1) is 19.7. The topological polar surface area (TPSA) is 108 Å². The molecule has 1 aromatic rings. The highest BCUT2D eigenvalue weighted by Gasteiger charge is 2.18. The predicted molar refractivity (Wildman–Crippen MR) is 87.5 cm³/mol. The van der Waals surface area contributed by atoms with Gasteiger partial charge in [0.15, 0.2) is 0 Å². The Morgan fingerprint density at radius 1 is 1.30 bits per heavy atom. The van der Waals surface area contributed by atoms with Gasteiger partial charge in [0, 0.05) is 6.07 Å². The first-order valence-electron chi connectivity index (χ1n) is 7.00. The van der Waals surface area contributed by atoms with Crippen molar-refractivity contribution < 1.29 is 22.7 Å². The van der Waals surface area contributed by atoms with E-state index in [1.54, 1.807) is 0 Å². The number of hydrogen-bond donors (Lipinski definition) is 2. The molecule has 0 amide bonds. The number of carbonyl (C=O) groups is 1. The van der Waals surface area contributed by atoms with Crippen molar-refractivity contribution in [2.24, 2.45) is 11.1 Å². The van der Waals surface area contributed by atoms with E-state index in [0.717, 1.165) is 25.9 Å². The van der Waals surface area contributed by atoms with Gasteiger partial charge in [-0.3, -0.25) is 0 Å². The molecule has 3 N–H and O–H groups in total. The molecule has 9 heteroatoms. The molecule has 0 aliphatic carbocycles. The normalized spacial score (nSPS) is 15.6. The second-order valence-electron chi connectivity index (χ2n) is 5.23. The van der Waals surface area contributed by atoms with Gasteiger partial charge in [-0.25, -0.2) is 18.4 Å². The van der Waals surface area contributed by atoms with Crippen molar-refractivity contribution in [1.29, 1.82) is 0 Å². The highest BCUT2D eigenvalue weighted by atomic mass is 35.5. The Morgan fingerprint density at radius 2 is 1.96 bits per heavy atom. The van der Waals surface area contributed by atoms with Crippen LogP contribution in [0, 0.1) is 5.92 Å². The van der Waals surface area contributed by atoms with Gasteiger partial charge in [-0.2, -0.15) is 0 Å². The van der Waals surface area contributed by atoms with E-state index in [1.165, 1.54) is 25.3 Å². The Bertz CT molecular complexity index is 645. The molecule has 0 saturated carbocycles. The van der Waals surface area contributed by atoms with Gasteiger partial charge in [-0.05, 0) is 44.0 Å². The van der Waals surface area contributed by atoms with Crippen molar-refractivity contribution in [2.75, 3.05) is 26.8 Å². The second-order valence-corrected chi connectivity index (χ2v) is 6.80. The number of methoxy groups -OCH3 is 1. The van der Waals surface area contributed by atoms with Gasteiger partial charge in [-0.1, -0.05) is 0 Å². The summed E-state index contributed by atoms with van der Waals surface area (Å²) in [5.74, 6) is 0.0589. The monoisotopic (exact) mass is 364 g/mol. The van der Waals surface area contributed by atoms with Crippen molar-refractivity contribution in [3.63, 3.8) is 0 Å². The van der Waals surface area contributed by atoms with E-state index in [1.807, 2.05) is 0 Å². The standard InChI is InChI=1S/C14H20N2O5S.ClH/c1-20-14(17)11-6-12(8-13(7-11)22(15,18)19)21-9-10-2-4-16-5-3-10;/h6-8,10,16H,2-5,9H2,1H3,(H2,15,18,19);1H. The molecule has 7 nitrogen and oxygen atoms in total. The van der Waals surface area contributed by atoms with Crippen LogP contribution in [0.4, 0.5) is 0 Å². The van der Waals surface area contributed by atoms with E-state index in [-0.39, 0.29) is 22.9 Å². The third-order valence-electron chi connectivity index (χ3n) is 3.57. The number of primary sulfonamides is 1. The summed E-state index contributed by atoms with van der Waals surface area (Å²) in [5, 5.41) is 8.39. The number of ether oxygens (including phenoxy) is 2. The molecule has 1 aromatic carbocycles. The Hall–Kier alpha value is -1.35. The minimum absolute atomic E-state index is 0. The molecule has 23 heavy (non-hydrogen) atoms. The van der Waals surface area contributed by atoms with E-state index in [4.69, 9.17) is 9.88 Å². The van der Waals surface area contributed by atoms with Crippen molar-refractivity contribution in [2.45, 2.75) is 17.7 Å². The highest BCUT2D eigenvalue weighted by Crippen LogP contribution is 2.22. The molecule has 1 heterocycles. The summed E-state index contributed by atoms with van der Waals surface area (Å²) in [6.07, 6.45) is 2.00. The van der Waals surface area contributed by atoms with Crippen LogP contribution in [0.3, 0.4) is 0 Å². The summed E-state index contributed by atoms with van der Waals surface area (Å²) in [7, 11) is -2.71. The van der Waals surface area contributed by atoms with Crippen LogP contribution in [0.5, 0.6) is 5.75 Å². The lowest BCUT2D eigenvalue weighted by atomic mass is 9.99. The number of nitrogens with one attached hydrogen (secondary N) is 1. The molecule has 1 aliphatic rings. The number of benzene rings is 1. The van der Waals surface area contributed by atoms with E-state index in [0.29, 0.717) is 18.3 Å². The van der Waals surface area contributed by atoms with Gasteiger partial charge in [-0.15, -0.1) is 12.4 Å². The van der Waals surface area contributed by atoms with Gasteiger partial charge in [0.25, 0.3) is 0 Å². The molecule has 1 fully saturated rings. The second kappa shape index (κ2) is 8.49. The van der Waals surface area contributed by atoms with Crippen molar-refractivity contribution in [1.82, 2.24) is 5.32 Å². The molecule has 1 aliphatic heterocycles. The van der Waals surface area contributed by atoms with Gasteiger partial charge in [0.2, 0.25) is 10.0 Å². The lowest BCUT2D eigenvalue weighted by Gasteiger charge is -2.22. The highest BCUT2D eigenvalue weighted by molar-refractivity contribution is 7.89. The number of hydrogen-bond acceptors (Lipinski definition) is 6. The molecular formula is C14H21ClN2O5S. The number of rotatable bonds is 5. The van der Waals surface area contributed by atoms with Crippen LogP contribution in [0.15, 0.2) is 23.1 Å². The van der Waals surface area contributed by atoms with Gasteiger partial charge >= 0.3 is 5.97 Å². The van der Waals surface area contributed by atoms with E-state index in [9.17, 15) is 13.2 Å². The fourth-order valence-electron chi connectivity index (χ4n) is 2.32. The summed E-state index contributed by atoms with van der Waals surface area (Å²) in [6, 6.07) is 3.96. The lowest BCUT2D eigenvalue weighted by molar-refractivity contribution is 0.0600. The number of carbonyl (C=O) groups excluding carboxylic acids is 1. The van der Waals surface area contributed by atoms with Gasteiger partial charge in [0.05, 0.1) is 24.2 Å². The van der Waals surface area contributed by atoms with Crippen LogP contribution in [-0.4, -0.2) is 41.2 Å². The summed E-state index contributed by atoms with van der Waals surface area (Å²) < 4.78 is 33.3. The Kier molecular flexibility index (Phi) is 7.27. The number of halogens is 1. The van der Waals surface area contributed by atoms with Crippen LogP contribution in [0.1, 0.15) is 23.2 Å². The minimum Gasteiger partial charge on any atom is -0.493 e. The molecule has 1 saturated heterocycles. The lowest BCUT2D eigenvalue weighted by Crippen LogP contribution is -2.30. The molecule has 0 radical (unpaired) electrons. The SMILES string of the molecule is COC(=O)c1cc(OCC2CCNCC2)cc(S(N)(=O)=O)c1.Cl. The maximum atomic E-state index is 11.6. The van der Waals surface area contributed by atoms with Crippen LogP contribution >= 0.6 is 12.4 Å². The fourth-order valence-corrected chi connectivity index (χ4v) is 2.89. The number of piperidine rings is 1. The average molecular weight is 365 g/mol. The third kappa shape index (κ3) is 5.65. The zero-order chi connectivity index (χ0) is 16.2. The first-order valence-corrected chi connectivity index (χ1v) is 8.54. The molecular weight excluding hydrogens is 344 g/mol. The van der Waals surface area contributed by atoms with Gasteiger partial charge < -0.3 is 14.8 Å². The van der Waals surface area contributed by atoms with E-state index < -0.39 is 16.0 Å². The molecule has 0 bridgehead atoms. The predicted octanol–water partition coefficient (Wildman–Crippen LogP) is 0.921. The molecule has 130 valence electrons. The Balaban J connectivity index is 0.00000264. The van der Waals surface area contributed by atoms with Crippen molar-refractivity contribution >= 4 is 28.4 Å². The summed E-state index contributed by atoms with van der Waals surface area (Å²) in [5.41, 5.74) is 0.0920.